The summed E-state index contributed by atoms with van der Waals surface area (Å²) >= 11 is 0. The highest BCUT2D eigenvalue weighted by Crippen LogP contribution is 2.33. The summed E-state index contributed by atoms with van der Waals surface area (Å²) in [7, 11) is 2.80. The highest BCUT2D eigenvalue weighted by atomic mass is 31.0. The first kappa shape index (κ1) is 13.2. The van der Waals surface area contributed by atoms with Crippen molar-refractivity contribution in [3.63, 3.8) is 0 Å². The highest BCUT2D eigenvalue weighted by Gasteiger charge is 2.26. The van der Waals surface area contributed by atoms with Crippen LogP contribution in [0.15, 0.2) is 18.2 Å². The molecule has 0 bridgehead atoms. The van der Waals surface area contributed by atoms with Crippen LogP contribution >= 0.6 is 9.24 Å². The Morgan fingerprint density at radius 3 is 2.36 bits per heavy atom. The van der Waals surface area contributed by atoms with E-state index in [4.69, 9.17) is 4.74 Å². The van der Waals surface area contributed by atoms with Crippen LogP contribution < -0.4 is 4.74 Å². The van der Waals surface area contributed by atoms with Gasteiger partial charge < -0.3 is 4.74 Å². The number of alkyl halides is 2. The van der Waals surface area contributed by atoms with E-state index in [1.54, 1.807) is 0 Å². The molecule has 80 valence electrons. The number of rotatable bonds is 2. The predicted molar refractivity (Wildman–Crippen MR) is 55.7 cm³/mol. The molecule has 1 heterocycles. The number of methoxy groups -OCH3 is 1. The maximum atomic E-state index is 12.6. The normalized spacial score (nSPS) is 10.1. The predicted octanol–water partition coefficient (Wildman–Crippen LogP) is 3.04. The van der Waals surface area contributed by atoms with Crippen molar-refractivity contribution in [2.24, 2.45) is 0 Å². The molecule has 0 aliphatic heterocycles. The molecule has 1 aromatic heterocycles. The van der Waals surface area contributed by atoms with Gasteiger partial charge in [-0.1, -0.05) is 29.2 Å². The summed E-state index contributed by atoms with van der Waals surface area (Å²) in [6, 6.07) is 4.23. The molecule has 0 aliphatic rings. The van der Waals surface area contributed by atoms with Gasteiger partial charge in [0.1, 0.15) is 5.69 Å². The lowest BCUT2D eigenvalue weighted by molar-refractivity contribution is 0.0978. The van der Waals surface area contributed by atoms with Crippen LogP contribution in [-0.2, 0) is 5.66 Å². The largest absolute Gasteiger partial charge is 0.481 e. The Labute approximate surface area is 84.9 Å². The Bertz CT molecular complexity index is 276. The summed E-state index contributed by atoms with van der Waals surface area (Å²) in [6.45, 7) is 4.00. The Kier molecular flexibility index (Phi) is 5.55. The molecule has 0 fully saturated rings. The summed E-state index contributed by atoms with van der Waals surface area (Å²) in [5.41, 5.74) is -3.30. The first-order valence-corrected chi connectivity index (χ1v) is 4.80. The fraction of sp³-hybridized carbons (Fsp3) is 0.444. The summed E-state index contributed by atoms with van der Waals surface area (Å²) in [5, 5.41) is 0. The summed E-state index contributed by atoms with van der Waals surface area (Å²) in [6.07, 6.45) is 0. The molecule has 0 N–H and O–H groups in total. The summed E-state index contributed by atoms with van der Waals surface area (Å²) in [5.74, 6) is 0.189. The number of hydrogen-bond acceptors (Lipinski definition) is 2. The third kappa shape index (κ3) is 3.97. The second kappa shape index (κ2) is 5.86. The van der Waals surface area contributed by atoms with Crippen molar-refractivity contribution in [2.45, 2.75) is 19.5 Å². The van der Waals surface area contributed by atoms with E-state index in [9.17, 15) is 8.78 Å². The average molecular weight is 221 g/mol. The van der Waals surface area contributed by atoms with Crippen LogP contribution in [0, 0.1) is 0 Å². The third-order valence-electron chi connectivity index (χ3n) is 1.27. The van der Waals surface area contributed by atoms with E-state index in [0.29, 0.717) is 0 Å². The van der Waals surface area contributed by atoms with Crippen LogP contribution in [0.2, 0.25) is 0 Å². The van der Waals surface area contributed by atoms with Gasteiger partial charge in [-0.2, -0.15) is 8.78 Å². The number of pyridine rings is 1. The molecule has 14 heavy (non-hydrogen) atoms. The minimum absolute atomic E-state index is 0.189. The average Bonchev–Trinajstić information content (AvgIpc) is 2.20. The molecule has 5 heteroatoms. The smallest absolute Gasteiger partial charge is 0.300 e. The fourth-order valence-electron chi connectivity index (χ4n) is 0.714. The quantitative estimate of drug-likeness (QED) is 0.716. The topological polar surface area (TPSA) is 22.1 Å². The van der Waals surface area contributed by atoms with Crippen LogP contribution in [0.25, 0.3) is 0 Å². The van der Waals surface area contributed by atoms with Gasteiger partial charge in [0, 0.05) is 6.07 Å². The SMILES string of the molecule is CC.COc1cccc(C(F)(F)P)n1. The van der Waals surface area contributed by atoms with E-state index >= 15 is 0 Å². The van der Waals surface area contributed by atoms with E-state index in [-0.39, 0.29) is 11.6 Å². The zero-order valence-electron chi connectivity index (χ0n) is 8.42. The van der Waals surface area contributed by atoms with Crippen molar-refractivity contribution in [3.05, 3.63) is 23.9 Å². The van der Waals surface area contributed by atoms with Crippen molar-refractivity contribution in [2.75, 3.05) is 7.11 Å². The number of aromatic nitrogens is 1. The number of ether oxygens (including phenoxy) is 1. The van der Waals surface area contributed by atoms with E-state index in [2.05, 4.69) is 4.98 Å². The van der Waals surface area contributed by atoms with Crippen LogP contribution in [0.1, 0.15) is 19.5 Å². The standard InChI is InChI=1S/C7H8F2NOP.C2H6/c1-11-6-4-2-3-5(10-6)7(8,9)12;1-2/h2-4H,12H2,1H3;1-2H3. The minimum Gasteiger partial charge on any atom is -0.481 e. The van der Waals surface area contributed by atoms with Gasteiger partial charge >= 0.3 is 0 Å². The monoisotopic (exact) mass is 221 g/mol. The van der Waals surface area contributed by atoms with Crippen LogP contribution in [0.3, 0.4) is 0 Å². The van der Waals surface area contributed by atoms with Crippen molar-refractivity contribution in [1.29, 1.82) is 0 Å². The number of nitrogens with zero attached hydrogens (tertiary/aromatic N) is 1. The second-order valence-electron chi connectivity index (χ2n) is 2.19. The zero-order valence-corrected chi connectivity index (χ0v) is 9.58. The Hall–Kier alpha value is -0.760. The maximum Gasteiger partial charge on any atom is 0.300 e. The van der Waals surface area contributed by atoms with Crippen LogP contribution in [-0.4, -0.2) is 12.1 Å². The Balaban J connectivity index is 0.000000791. The number of hydrogen-bond donors (Lipinski definition) is 0. The van der Waals surface area contributed by atoms with Crippen molar-refractivity contribution < 1.29 is 13.5 Å². The molecule has 0 saturated heterocycles. The van der Waals surface area contributed by atoms with Gasteiger partial charge in [-0.3, -0.25) is 0 Å². The first-order valence-electron chi connectivity index (χ1n) is 4.22. The lowest BCUT2D eigenvalue weighted by Gasteiger charge is -2.09. The van der Waals surface area contributed by atoms with E-state index in [0.717, 1.165) is 0 Å². The summed E-state index contributed by atoms with van der Waals surface area (Å²) < 4.78 is 29.9. The molecule has 0 saturated carbocycles. The van der Waals surface area contributed by atoms with Gasteiger partial charge in [-0.05, 0) is 6.07 Å². The minimum atomic E-state index is -2.99. The third-order valence-corrected chi connectivity index (χ3v) is 1.57. The van der Waals surface area contributed by atoms with Crippen molar-refractivity contribution >= 4 is 9.24 Å². The Morgan fingerprint density at radius 2 is 1.93 bits per heavy atom. The van der Waals surface area contributed by atoms with E-state index < -0.39 is 5.66 Å². The lowest BCUT2D eigenvalue weighted by Crippen LogP contribution is -2.05. The fourth-order valence-corrected chi connectivity index (χ4v) is 0.875. The maximum absolute atomic E-state index is 12.6. The number of halogens is 2. The van der Waals surface area contributed by atoms with Crippen LogP contribution in [0.4, 0.5) is 8.78 Å². The molecule has 0 aliphatic carbocycles. The molecule has 0 spiro atoms. The molecular weight excluding hydrogens is 207 g/mol. The van der Waals surface area contributed by atoms with E-state index in [1.807, 2.05) is 13.8 Å². The van der Waals surface area contributed by atoms with Gasteiger partial charge in [-0.15, -0.1) is 0 Å². The molecule has 1 atom stereocenters. The van der Waals surface area contributed by atoms with Gasteiger partial charge in [0.2, 0.25) is 5.88 Å². The second-order valence-corrected chi connectivity index (χ2v) is 2.91. The molecule has 0 amide bonds. The zero-order chi connectivity index (χ0) is 11.2. The van der Waals surface area contributed by atoms with Gasteiger partial charge in [0.25, 0.3) is 5.66 Å². The van der Waals surface area contributed by atoms with Gasteiger partial charge in [0.15, 0.2) is 0 Å². The molecule has 1 rings (SSSR count). The van der Waals surface area contributed by atoms with Crippen LogP contribution in [0.5, 0.6) is 5.88 Å². The molecule has 2 nitrogen and oxygen atoms in total. The Morgan fingerprint density at radius 1 is 1.36 bits per heavy atom. The molecular formula is C9H14F2NOP. The van der Waals surface area contributed by atoms with Crippen molar-refractivity contribution in [1.82, 2.24) is 4.98 Å². The molecule has 1 aromatic rings. The molecule has 1 unspecified atom stereocenters. The van der Waals surface area contributed by atoms with Crippen molar-refractivity contribution in [3.8, 4) is 5.88 Å². The van der Waals surface area contributed by atoms with Gasteiger partial charge in [-0.25, -0.2) is 4.98 Å². The first-order chi connectivity index (χ1) is 6.54. The molecule has 0 aromatic carbocycles. The highest BCUT2D eigenvalue weighted by molar-refractivity contribution is 7.17. The summed E-state index contributed by atoms with van der Waals surface area (Å²) in [4.78, 5) is 3.57. The molecule has 0 radical (unpaired) electrons. The van der Waals surface area contributed by atoms with E-state index in [1.165, 1.54) is 34.5 Å². The lowest BCUT2D eigenvalue weighted by atomic mass is 10.3. The van der Waals surface area contributed by atoms with Gasteiger partial charge in [0.05, 0.1) is 7.11 Å².